The van der Waals surface area contributed by atoms with Crippen LogP contribution in [0.1, 0.15) is 12.5 Å². The summed E-state index contributed by atoms with van der Waals surface area (Å²) in [5.41, 5.74) is 1.20. The molecular weight excluding hydrogens is 144 g/mol. The van der Waals surface area contributed by atoms with Crippen molar-refractivity contribution in [2.24, 2.45) is 0 Å². The van der Waals surface area contributed by atoms with E-state index in [4.69, 9.17) is 11.6 Å². The van der Waals surface area contributed by atoms with Crippen LogP contribution in [-0.2, 0) is 6.42 Å². The first kappa shape index (κ1) is 7.62. The fourth-order valence-electron chi connectivity index (χ4n) is 0.884. The summed E-state index contributed by atoms with van der Waals surface area (Å²) in [5.74, 6) is 0. The average Bonchev–Trinajstić information content (AvgIpc) is 1.94. The molecule has 0 unspecified atom stereocenters. The topological polar surface area (TPSA) is 0 Å². The highest BCUT2D eigenvalue weighted by Gasteiger charge is 1.94. The smallest absolute Gasteiger partial charge is 0.0438 e. The molecule has 0 nitrogen and oxygen atoms in total. The number of hydrogen-bond donors (Lipinski definition) is 0. The lowest BCUT2D eigenvalue weighted by Gasteiger charge is -1.98. The van der Waals surface area contributed by atoms with Crippen LogP contribution in [0.4, 0.5) is 0 Å². The van der Waals surface area contributed by atoms with Gasteiger partial charge in [-0.05, 0) is 24.5 Å². The molecule has 0 aliphatic heterocycles. The fourth-order valence-corrected chi connectivity index (χ4v) is 1.10. The molecule has 0 aliphatic rings. The van der Waals surface area contributed by atoms with Crippen LogP contribution in [-0.4, -0.2) is 0 Å². The summed E-state index contributed by atoms with van der Waals surface area (Å²) in [4.78, 5) is 0. The van der Waals surface area contributed by atoms with Gasteiger partial charge < -0.3 is 0 Å². The molecule has 0 fully saturated rings. The van der Waals surface area contributed by atoms with Crippen LogP contribution in [0.25, 0.3) is 0 Å². The Hall–Kier alpha value is -0.490. The molecule has 1 rings (SSSR count). The van der Waals surface area contributed by atoms with Gasteiger partial charge in [0.15, 0.2) is 0 Å². The first-order valence-electron chi connectivity index (χ1n) is 3.36. The van der Waals surface area contributed by atoms with E-state index in [1.165, 1.54) is 5.56 Å². The van der Waals surface area contributed by atoms with Crippen LogP contribution in [0.2, 0.25) is 5.02 Å². The number of halogens is 1. The lowest BCUT2D eigenvalue weighted by Crippen LogP contribution is -1.83. The highest BCUT2D eigenvalue weighted by atomic mass is 35.5. The van der Waals surface area contributed by atoms with Gasteiger partial charge in [0.1, 0.15) is 0 Å². The van der Waals surface area contributed by atoms with Crippen molar-refractivity contribution in [2.75, 3.05) is 0 Å². The molecule has 0 N–H and O–H groups in total. The standard InChI is InChI=1S/C9H10Cl/c1-2-5-8-6-3-4-7-9(8)10/h2-4,6-7H,5H2,1H3. The largest absolute Gasteiger partial charge is 0.0840 e. The van der Waals surface area contributed by atoms with E-state index >= 15 is 0 Å². The molecule has 1 aromatic carbocycles. The van der Waals surface area contributed by atoms with E-state index in [1.54, 1.807) is 0 Å². The molecule has 10 heavy (non-hydrogen) atoms. The predicted molar refractivity (Wildman–Crippen MR) is 45.1 cm³/mol. The van der Waals surface area contributed by atoms with Crippen molar-refractivity contribution in [1.29, 1.82) is 0 Å². The molecule has 0 saturated carbocycles. The lowest BCUT2D eigenvalue weighted by molar-refractivity contribution is 1.14. The number of hydrogen-bond acceptors (Lipinski definition) is 0. The van der Waals surface area contributed by atoms with E-state index in [0.717, 1.165) is 11.4 Å². The monoisotopic (exact) mass is 153 g/mol. The quantitative estimate of drug-likeness (QED) is 0.613. The molecule has 0 bridgehead atoms. The van der Waals surface area contributed by atoms with Crippen LogP contribution < -0.4 is 0 Å². The molecule has 1 radical (unpaired) electrons. The zero-order chi connectivity index (χ0) is 7.40. The SMILES string of the molecule is C[CH]Cc1ccccc1Cl. The lowest BCUT2D eigenvalue weighted by atomic mass is 10.1. The molecule has 0 saturated heterocycles. The fraction of sp³-hybridized carbons (Fsp3) is 0.222. The maximum Gasteiger partial charge on any atom is 0.0438 e. The van der Waals surface area contributed by atoms with Crippen molar-refractivity contribution in [3.05, 3.63) is 41.3 Å². The third-order valence-electron chi connectivity index (χ3n) is 1.38. The van der Waals surface area contributed by atoms with Gasteiger partial charge in [0.25, 0.3) is 0 Å². The number of rotatable bonds is 2. The van der Waals surface area contributed by atoms with E-state index in [2.05, 4.69) is 6.42 Å². The summed E-state index contributed by atoms with van der Waals surface area (Å²) in [5, 5.41) is 0.862. The predicted octanol–water partition coefficient (Wildman–Crippen LogP) is 3.11. The Morgan fingerprint density at radius 2 is 2.10 bits per heavy atom. The van der Waals surface area contributed by atoms with Crippen LogP contribution in [0, 0.1) is 6.42 Å². The summed E-state index contributed by atoms with van der Waals surface area (Å²) in [7, 11) is 0. The van der Waals surface area contributed by atoms with E-state index in [9.17, 15) is 0 Å². The summed E-state index contributed by atoms with van der Waals surface area (Å²) >= 11 is 5.88. The second-order valence-corrected chi connectivity index (χ2v) is 2.61. The molecule has 0 heterocycles. The minimum absolute atomic E-state index is 0.862. The van der Waals surface area contributed by atoms with E-state index in [-0.39, 0.29) is 0 Å². The maximum absolute atomic E-state index is 5.88. The summed E-state index contributed by atoms with van der Waals surface area (Å²) in [6.45, 7) is 2.03. The van der Waals surface area contributed by atoms with E-state index < -0.39 is 0 Å². The molecule has 0 aromatic heterocycles. The van der Waals surface area contributed by atoms with Crippen LogP contribution in [0.3, 0.4) is 0 Å². The third kappa shape index (κ3) is 1.74. The van der Waals surface area contributed by atoms with Crippen molar-refractivity contribution in [3.8, 4) is 0 Å². The van der Waals surface area contributed by atoms with Crippen LogP contribution in [0.5, 0.6) is 0 Å². The second-order valence-electron chi connectivity index (χ2n) is 2.20. The third-order valence-corrected chi connectivity index (χ3v) is 1.75. The first-order chi connectivity index (χ1) is 4.84. The summed E-state index contributed by atoms with van der Waals surface area (Å²) in [6, 6.07) is 7.91. The second kappa shape index (κ2) is 3.62. The zero-order valence-electron chi connectivity index (χ0n) is 5.97. The first-order valence-corrected chi connectivity index (χ1v) is 3.73. The van der Waals surface area contributed by atoms with Crippen molar-refractivity contribution in [3.63, 3.8) is 0 Å². The van der Waals surface area contributed by atoms with Crippen molar-refractivity contribution < 1.29 is 0 Å². The zero-order valence-corrected chi connectivity index (χ0v) is 6.73. The summed E-state index contributed by atoms with van der Waals surface area (Å²) < 4.78 is 0. The Balaban J connectivity index is 2.81. The van der Waals surface area contributed by atoms with Gasteiger partial charge in [-0.3, -0.25) is 0 Å². The maximum atomic E-state index is 5.88. The Kier molecular flexibility index (Phi) is 2.76. The van der Waals surface area contributed by atoms with Crippen molar-refractivity contribution in [1.82, 2.24) is 0 Å². The van der Waals surface area contributed by atoms with Gasteiger partial charge in [-0.15, -0.1) is 0 Å². The molecule has 0 aliphatic carbocycles. The number of benzene rings is 1. The van der Waals surface area contributed by atoms with Crippen LogP contribution >= 0.6 is 11.6 Å². The van der Waals surface area contributed by atoms with Gasteiger partial charge in [-0.2, -0.15) is 0 Å². The van der Waals surface area contributed by atoms with Gasteiger partial charge >= 0.3 is 0 Å². The molecule has 0 atom stereocenters. The minimum Gasteiger partial charge on any atom is -0.0840 e. The van der Waals surface area contributed by atoms with Gasteiger partial charge in [0, 0.05) is 5.02 Å². The van der Waals surface area contributed by atoms with Crippen molar-refractivity contribution in [2.45, 2.75) is 13.3 Å². The van der Waals surface area contributed by atoms with Gasteiger partial charge in [-0.25, -0.2) is 0 Å². The average molecular weight is 154 g/mol. The van der Waals surface area contributed by atoms with E-state index in [1.807, 2.05) is 31.2 Å². The Bertz CT molecular complexity index is 206. The van der Waals surface area contributed by atoms with Gasteiger partial charge in [0.2, 0.25) is 0 Å². The van der Waals surface area contributed by atoms with Crippen LogP contribution in [0.15, 0.2) is 24.3 Å². The molecule has 1 heteroatoms. The molecular formula is C9H10Cl. The molecule has 1 aromatic rings. The van der Waals surface area contributed by atoms with Crippen molar-refractivity contribution >= 4 is 11.6 Å². The Labute approximate surface area is 66.8 Å². The summed E-state index contributed by atoms with van der Waals surface area (Å²) in [6.07, 6.45) is 3.06. The highest BCUT2D eigenvalue weighted by molar-refractivity contribution is 6.31. The van der Waals surface area contributed by atoms with Gasteiger partial charge in [0.05, 0.1) is 0 Å². The Morgan fingerprint density at radius 3 is 2.70 bits per heavy atom. The minimum atomic E-state index is 0.862. The molecule has 0 amide bonds. The van der Waals surface area contributed by atoms with E-state index in [0.29, 0.717) is 0 Å². The Morgan fingerprint density at radius 1 is 1.40 bits per heavy atom. The van der Waals surface area contributed by atoms with Gasteiger partial charge in [-0.1, -0.05) is 36.7 Å². The highest BCUT2D eigenvalue weighted by Crippen LogP contribution is 2.15. The normalized spacial score (nSPS) is 9.80. The molecule has 0 spiro atoms. The molecule has 53 valence electrons.